The highest BCUT2D eigenvalue weighted by Gasteiger charge is 2.33. The first-order chi connectivity index (χ1) is 19.3. The number of hydrogen-bond donors (Lipinski definition) is 0. The van der Waals surface area contributed by atoms with Crippen LogP contribution in [0.15, 0.2) is 75.0 Å². The molecule has 3 heterocycles. The number of thiazole rings is 1. The molecule has 11 heteroatoms. The molecular formula is C29H24Cl2N2O5S2. The summed E-state index contributed by atoms with van der Waals surface area (Å²) in [7, 11) is 1.53. The van der Waals surface area contributed by atoms with Crippen molar-refractivity contribution in [2.75, 3.05) is 13.7 Å². The summed E-state index contributed by atoms with van der Waals surface area (Å²) in [6.07, 6.45) is 1.73. The summed E-state index contributed by atoms with van der Waals surface area (Å²) in [5.41, 5.74) is 2.19. The van der Waals surface area contributed by atoms with E-state index in [0.29, 0.717) is 47.7 Å². The smallest absolute Gasteiger partial charge is 0.338 e. The standard InChI is InChI=1S/C29H24Cl2N2O5S2/c1-4-37-28(35)24-16(2)32-29-33(25(24)22-6-5-11-39-22)27(34)23(40-29)14-18-12-20(31)26(21(13-18)36-3)38-15-17-7-9-19(30)10-8-17/h5-14,25H,4,15H2,1-3H3/b23-14-/t25-/m0/s1. The third-order valence-electron chi connectivity index (χ3n) is 6.18. The van der Waals surface area contributed by atoms with E-state index in [2.05, 4.69) is 4.99 Å². The van der Waals surface area contributed by atoms with Crippen LogP contribution < -0.4 is 24.4 Å². The molecule has 0 aliphatic carbocycles. The zero-order valence-corrected chi connectivity index (χ0v) is 24.9. The van der Waals surface area contributed by atoms with Gasteiger partial charge in [0.1, 0.15) is 12.6 Å². The number of carbonyl (C=O) groups excluding carboxylic acids is 1. The van der Waals surface area contributed by atoms with Gasteiger partial charge in [0.05, 0.1) is 34.5 Å². The molecule has 0 amide bonds. The molecule has 0 spiro atoms. The molecule has 5 rings (SSSR count). The summed E-state index contributed by atoms with van der Waals surface area (Å²) in [6.45, 7) is 4.00. The molecule has 4 aromatic rings. The molecular weight excluding hydrogens is 591 g/mol. The fourth-order valence-corrected chi connectivity index (χ4v) is 6.63. The summed E-state index contributed by atoms with van der Waals surface area (Å²) in [6, 6.07) is 14.0. The largest absolute Gasteiger partial charge is 0.493 e. The molecule has 1 atom stereocenters. The Morgan fingerprint density at radius 2 is 1.95 bits per heavy atom. The van der Waals surface area contributed by atoms with E-state index >= 15 is 0 Å². The number of allylic oxidation sites excluding steroid dienone is 1. The number of halogens is 2. The van der Waals surface area contributed by atoms with Crippen LogP contribution in [-0.4, -0.2) is 24.3 Å². The van der Waals surface area contributed by atoms with Crippen molar-refractivity contribution in [1.82, 2.24) is 4.57 Å². The first-order valence-corrected chi connectivity index (χ1v) is 14.7. The summed E-state index contributed by atoms with van der Waals surface area (Å²) >= 11 is 15.3. The van der Waals surface area contributed by atoms with Crippen LogP contribution in [0, 0.1) is 0 Å². The number of fused-ring (bicyclic) bond motifs is 1. The third-order valence-corrected chi connectivity index (χ3v) is 8.62. The quantitative estimate of drug-likeness (QED) is 0.236. The zero-order valence-electron chi connectivity index (χ0n) is 21.8. The van der Waals surface area contributed by atoms with Crippen LogP contribution in [-0.2, 0) is 16.1 Å². The zero-order chi connectivity index (χ0) is 28.4. The minimum absolute atomic E-state index is 0.221. The number of methoxy groups -OCH3 is 1. The van der Waals surface area contributed by atoms with Gasteiger partial charge < -0.3 is 14.2 Å². The minimum Gasteiger partial charge on any atom is -0.493 e. The van der Waals surface area contributed by atoms with Gasteiger partial charge in [-0.2, -0.15) is 0 Å². The maximum Gasteiger partial charge on any atom is 0.338 e. The average Bonchev–Trinajstić information content (AvgIpc) is 3.56. The predicted octanol–water partition coefficient (Wildman–Crippen LogP) is 5.75. The van der Waals surface area contributed by atoms with Gasteiger partial charge in [0, 0.05) is 9.90 Å². The molecule has 0 saturated heterocycles. The van der Waals surface area contributed by atoms with Crippen LogP contribution in [0.2, 0.25) is 10.0 Å². The second-order valence-electron chi connectivity index (χ2n) is 8.77. The molecule has 0 saturated carbocycles. The lowest BCUT2D eigenvalue weighted by molar-refractivity contribution is -0.139. The molecule has 2 aromatic heterocycles. The maximum absolute atomic E-state index is 13.8. The van der Waals surface area contributed by atoms with Crippen molar-refractivity contribution in [3.8, 4) is 11.5 Å². The van der Waals surface area contributed by atoms with E-state index in [4.69, 9.17) is 37.4 Å². The molecule has 1 aliphatic heterocycles. The van der Waals surface area contributed by atoms with E-state index in [0.717, 1.165) is 10.4 Å². The average molecular weight is 616 g/mol. The Labute approximate surface area is 248 Å². The maximum atomic E-state index is 13.8. The molecule has 206 valence electrons. The van der Waals surface area contributed by atoms with Crippen LogP contribution in [0.5, 0.6) is 11.5 Å². The van der Waals surface area contributed by atoms with Crippen molar-refractivity contribution in [2.24, 2.45) is 4.99 Å². The van der Waals surface area contributed by atoms with E-state index in [9.17, 15) is 9.59 Å². The third kappa shape index (κ3) is 5.60. The summed E-state index contributed by atoms with van der Waals surface area (Å²) < 4.78 is 18.8. The summed E-state index contributed by atoms with van der Waals surface area (Å²) in [5.74, 6) is 0.338. The molecule has 0 unspecified atom stereocenters. The van der Waals surface area contributed by atoms with Gasteiger partial charge in [-0.1, -0.05) is 52.7 Å². The Bertz CT molecular complexity index is 1770. The van der Waals surface area contributed by atoms with Crippen LogP contribution >= 0.6 is 45.9 Å². The first-order valence-electron chi connectivity index (χ1n) is 12.3. The fraction of sp³-hybridized carbons (Fsp3) is 0.207. The fourth-order valence-electron chi connectivity index (χ4n) is 4.36. The van der Waals surface area contributed by atoms with Crippen molar-refractivity contribution < 1.29 is 19.0 Å². The number of hydrogen-bond acceptors (Lipinski definition) is 8. The summed E-state index contributed by atoms with van der Waals surface area (Å²) in [4.78, 5) is 32.6. The number of ether oxygens (including phenoxy) is 3. The Balaban J connectivity index is 1.54. The predicted molar refractivity (Wildman–Crippen MR) is 159 cm³/mol. The van der Waals surface area contributed by atoms with E-state index in [1.54, 1.807) is 48.8 Å². The van der Waals surface area contributed by atoms with Crippen LogP contribution in [0.25, 0.3) is 6.08 Å². The van der Waals surface area contributed by atoms with E-state index in [1.807, 2.05) is 29.6 Å². The molecule has 7 nitrogen and oxygen atoms in total. The van der Waals surface area contributed by atoms with Gasteiger partial charge in [-0.15, -0.1) is 11.3 Å². The van der Waals surface area contributed by atoms with E-state index < -0.39 is 12.0 Å². The Kier molecular flexibility index (Phi) is 8.46. The van der Waals surface area contributed by atoms with Gasteiger partial charge in [-0.05, 0) is 66.8 Å². The number of esters is 1. The van der Waals surface area contributed by atoms with Gasteiger partial charge in [-0.25, -0.2) is 9.79 Å². The van der Waals surface area contributed by atoms with Crippen molar-refractivity contribution in [1.29, 1.82) is 0 Å². The van der Waals surface area contributed by atoms with Gasteiger partial charge in [0.15, 0.2) is 16.3 Å². The van der Waals surface area contributed by atoms with Crippen molar-refractivity contribution in [3.05, 3.63) is 111 Å². The van der Waals surface area contributed by atoms with Gasteiger partial charge in [0.2, 0.25) is 0 Å². The minimum atomic E-state index is -0.626. The van der Waals surface area contributed by atoms with E-state index in [1.165, 1.54) is 29.8 Å². The van der Waals surface area contributed by atoms with Crippen molar-refractivity contribution >= 4 is 57.9 Å². The summed E-state index contributed by atoms with van der Waals surface area (Å²) in [5, 5.41) is 2.89. The number of thiophene rings is 1. The lowest BCUT2D eigenvalue weighted by atomic mass is 10.0. The molecule has 2 aromatic carbocycles. The lowest BCUT2D eigenvalue weighted by Crippen LogP contribution is -2.39. The molecule has 0 fully saturated rings. The molecule has 0 bridgehead atoms. The first kappa shape index (κ1) is 28.2. The van der Waals surface area contributed by atoms with Crippen molar-refractivity contribution in [3.63, 3.8) is 0 Å². The normalized spacial score (nSPS) is 15.0. The van der Waals surface area contributed by atoms with Crippen LogP contribution in [0.4, 0.5) is 0 Å². The molecule has 0 N–H and O–H groups in total. The molecule has 1 aliphatic rings. The van der Waals surface area contributed by atoms with Gasteiger partial charge >= 0.3 is 5.97 Å². The number of carbonyl (C=O) groups is 1. The molecule has 0 radical (unpaired) electrons. The van der Waals surface area contributed by atoms with Gasteiger partial charge in [-0.3, -0.25) is 9.36 Å². The highest BCUT2D eigenvalue weighted by molar-refractivity contribution is 7.10. The Morgan fingerprint density at radius 1 is 1.18 bits per heavy atom. The number of nitrogens with zero attached hydrogens (tertiary/aromatic N) is 2. The second-order valence-corrected chi connectivity index (χ2v) is 11.6. The van der Waals surface area contributed by atoms with E-state index in [-0.39, 0.29) is 18.8 Å². The highest BCUT2D eigenvalue weighted by atomic mass is 35.5. The van der Waals surface area contributed by atoms with Gasteiger partial charge in [0.25, 0.3) is 5.56 Å². The number of aromatic nitrogens is 1. The van der Waals surface area contributed by atoms with Crippen LogP contribution in [0.3, 0.4) is 0 Å². The Hall–Kier alpha value is -3.37. The topological polar surface area (TPSA) is 79.1 Å². The highest BCUT2D eigenvalue weighted by Crippen LogP contribution is 2.37. The molecule has 40 heavy (non-hydrogen) atoms. The van der Waals surface area contributed by atoms with Crippen LogP contribution in [0.1, 0.15) is 35.9 Å². The number of benzene rings is 2. The monoisotopic (exact) mass is 614 g/mol. The van der Waals surface area contributed by atoms with Crippen molar-refractivity contribution in [2.45, 2.75) is 26.5 Å². The SMILES string of the molecule is CCOC(=O)C1=C(C)N=c2s/c(=C\c3cc(Cl)c(OCc4ccc(Cl)cc4)c(OC)c3)c(=O)n2[C@H]1c1cccs1. The Morgan fingerprint density at radius 3 is 2.62 bits per heavy atom. The second kappa shape index (κ2) is 12.0. The lowest BCUT2D eigenvalue weighted by Gasteiger charge is -2.23. The number of rotatable bonds is 8.